The van der Waals surface area contributed by atoms with Crippen molar-refractivity contribution in [2.75, 3.05) is 7.11 Å². The summed E-state index contributed by atoms with van der Waals surface area (Å²) in [6.07, 6.45) is 4.02. The van der Waals surface area contributed by atoms with E-state index in [1.54, 1.807) is 12.5 Å². The Bertz CT molecular complexity index is 1020. The zero-order valence-corrected chi connectivity index (χ0v) is 17.4. The van der Waals surface area contributed by atoms with Crippen LogP contribution in [0.15, 0.2) is 66.1 Å². The number of carbonyl (C=O) groups is 2. The molecule has 0 atom stereocenters. The minimum atomic E-state index is -0.263. The third kappa shape index (κ3) is 6.28. The lowest BCUT2D eigenvalue weighted by Gasteiger charge is -2.08. The molecule has 1 heterocycles. The first kappa shape index (κ1) is 21.3. The Balaban J connectivity index is 1.44. The van der Waals surface area contributed by atoms with Gasteiger partial charge in [0, 0.05) is 23.9 Å². The molecule has 3 rings (SSSR count). The van der Waals surface area contributed by atoms with Gasteiger partial charge in [-0.1, -0.05) is 60.7 Å². The van der Waals surface area contributed by atoms with Crippen molar-refractivity contribution in [3.05, 3.63) is 87.9 Å². The zero-order chi connectivity index (χ0) is 21.2. The minimum absolute atomic E-state index is 0.0976. The van der Waals surface area contributed by atoms with Gasteiger partial charge >= 0.3 is 0 Å². The molecule has 0 spiro atoms. The van der Waals surface area contributed by atoms with Gasteiger partial charge in [-0.3, -0.25) is 9.59 Å². The maximum absolute atomic E-state index is 12.3. The Labute approximate surface area is 179 Å². The molecule has 0 aliphatic rings. The number of hydrogen-bond donors (Lipinski definition) is 2. The number of amides is 2. The first-order valence-corrected chi connectivity index (χ1v) is 10.4. The number of hydrogen-bond acceptors (Lipinski definition) is 5. The molecule has 0 unspecified atom stereocenters. The fourth-order valence-corrected chi connectivity index (χ4v) is 3.44. The van der Waals surface area contributed by atoms with E-state index < -0.39 is 0 Å². The maximum atomic E-state index is 12.3. The third-order valence-corrected chi connectivity index (χ3v) is 5.12. The predicted molar refractivity (Wildman–Crippen MR) is 118 cm³/mol. The number of carbonyl (C=O) groups excluding carboxylic acids is 2. The SMILES string of the molecule is COc1ccccc1CNC(=O)c1csc(CNC(=O)C/C=C/c2ccccc2)n1. The van der Waals surface area contributed by atoms with E-state index in [-0.39, 0.29) is 18.2 Å². The summed E-state index contributed by atoms with van der Waals surface area (Å²) in [5.74, 6) is 0.362. The molecule has 0 aliphatic heterocycles. The second kappa shape index (κ2) is 10.9. The van der Waals surface area contributed by atoms with Crippen molar-refractivity contribution in [2.24, 2.45) is 0 Å². The van der Waals surface area contributed by atoms with Gasteiger partial charge in [-0.05, 0) is 11.6 Å². The van der Waals surface area contributed by atoms with E-state index in [0.717, 1.165) is 16.9 Å². The summed E-state index contributed by atoms with van der Waals surface area (Å²) in [7, 11) is 1.60. The summed E-state index contributed by atoms with van der Waals surface area (Å²) in [6.45, 7) is 0.642. The standard InChI is InChI=1S/C23H23N3O3S/c1-29-20-12-6-5-11-18(20)14-25-23(28)19-16-30-22(26-19)15-24-21(27)13-7-10-17-8-3-2-4-9-17/h2-12,16H,13-15H2,1H3,(H,24,27)(H,25,28)/b10-7+. The Morgan fingerprint density at radius 2 is 1.80 bits per heavy atom. The molecule has 154 valence electrons. The van der Waals surface area contributed by atoms with Gasteiger partial charge in [0.25, 0.3) is 5.91 Å². The second-order valence-corrected chi connectivity index (χ2v) is 7.36. The van der Waals surface area contributed by atoms with Crippen LogP contribution in [-0.2, 0) is 17.9 Å². The first-order chi connectivity index (χ1) is 14.7. The van der Waals surface area contributed by atoms with Crippen molar-refractivity contribution in [3.63, 3.8) is 0 Å². The average Bonchev–Trinajstić information content (AvgIpc) is 3.26. The molecule has 0 fully saturated rings. The largest absolute Gasteiger partial charge is 0.496 e. The van der Waals surface area contributed by atoms with Gasteiger partial charge in [0.1, 0.15) is 16.5 Å². The lowest BCUT2D eigenvalue weighted by atomic mass is 10.2. The molecular weight excluding hydrogens is 398 g/mol. The summed E-state index contributed by atoms with van der Waals surface area (Å²) in [5, 5.41) is 8.03. The number of methoxy groups -OCH3 is 1. The molecule has 2 N–H and O–H groups in total. The van der Waals surface area contributed by atoms with Crippen LogP contribution in [-0.4, -0.2) is 23.9 Å². The van der Waals surface area contributed by atoms with Crippen molar-refractivity contribution in [1.82, 2.24) is 15.6 Å². The van der Waals surface area contributed by atoms with Crippen LogP contribution in [0.5, 0.6) is 5.75 Å². The van der Waals surface area contributed by atoms with Crippen molar-refractivity contribution >= 4 is 29.2 Å². The van der Waals surface area contributed by atoms with E-state index in [2.05, 4.69) is 15.6 Å². The van der Waals surface area contributed by atoms with Crippen LogP contribution in [0, 0.1) is 0 Å². The fourth-order valence-electron chi connectivity index (χ4n) is 2.72. The van der Waals surface area contributed by atoms with E-state index in [9.17, 15) is 9.59 Å². The summed E-state index contributed by atoms with van der Waals surface area (Å²) < 4.78 is 5.28. The summed E-state index contributed by atoms with van der Waals surface area (Å²) in [6, 6.07) is 17.3. The number of rotatable bonds is 9. The molecule has 3 aromatic rings. The lowest BCUT2D eigenvalue weighted by molar-refractivity contribution is -0.120. The minimum Gasteiger partial charge on any atom is -0.496 e. The number of para-hydroxylation sites is 1. The Morgan fingerprint density at radius 3 is 2.60 bits per heavy atom. The molecule has 6 nitrogen and oxygen atoms in total. The maximum Gasteiger partial charge on any atom is 0.271 e. The van der Waals surface area contributed by atoms with Gasteiger partial charge in [-0.2, -0.15) is 0 Å². The van der Waals surface area contributed by atoms with Crippen LogP contribution in [0.2, 0.25) is 0 Å². The van der Waals surface area contributed by atoms with Crippen LogP contribution in [0.1, 0.15) is 33.0 Å². The average molecular weight is 422 g/mol. The van der Waals surface area contributed by atoms with Gasteiger partial charge in [-0.15, -0.1) is 11.3 Å². The van der Waals surface area contributed by atoms with Gasteiger partial charge in [0.2, 0.25) is 5.91 Å². The molecular formula is C23H23N3O3S. The molecule has 0 bridgehead atoms. The monoisotopic (exact) mass is 421 g/mol. The van der Waals surface area contributed by atoms with E-state index in [1.165, 1.54) is 11.3 Å². The molecule has 2 amide bonds. The third-order valence-electron chi connectivity index (χ3n) is 4.27. The number of nitrogens with zero attached hydrogens (tertiary/aromatic N) is 1. The highest BCUT2D eigenvalue weighted by Crippen LogP contribution is 2.17. The van der Waals surface area contributed by atoms with Crippen molar-refractivity contribution in [2.45, 2.75) is 19.5 Å². The van der Waals surface area contributed by atoms with E-state index in [0.29, 0.717) is 23.8 Å². The molecule has 2 aromatic carbocycles. The highest BCUT2D eigenvalue weighted by Gasteiger charge is 2.12. The van der Waals surface area contributed by atoms with Gasteiger partial charge in [-0.25, -0.2) is 4.98 Å². The van der Waals surface area contributed by atoms with Crippen molar-refractivity contribution in [3.8, 4) is 5.75 Å². The quantitative estimate of drug-likeness (QED) is 0.551. The Hall–Kier alpha value is -3.45. The van der Waals surface area contributed by atoms with Crippen LogP contribution in [0.25, 0.3) is 6.08 Å². The summed E-state index contributed by atoms with van der Waals surface area (Å²) in [4.78, 5) is 28.6. The topological polar surface area (TPSA) is 80.3 Å². The Morgan fingerprint density at radius 1 is 1.03 bits per heavy atom. The number of aromatic nitrogens is 1. The molecule has 0 saturated carbocycles. The van der Waals surface area contributed by atoms with E-state index in [4.69, 9.17) is 4.74 Å². The smallest absolute Gasteiger partial charge is 0.271 e. The molecule has 0 aliphatic carbocycles. The number of benzene rings is 2. The van der Waals surface area contributed by atoms with Crippen LogP contribution < -0.4 is 15.4 Å². The summed E-state index contributed by atoms with van der Waals surface area (Å²) in [5.41, 5.74) is 2.27. The summed E-state index contributed by atoms with van der Waals surface area (Å²) >= 11 is 1.34. The van der Waals surface area contributed by atoms with Crippen LogP contribution >= 0.6 is 11.3 Å². The molecule has 7 heteroatoms. The van der Waals surface area contributed by atoms with Gasteiger partial charge < -0.3 is 15.4 Å². The normalized spacial score (nSPS) is 10.7. The van der Waals surface area contributed by atoms with E-state index in [1.807, 2.05) is 66.7 Å². The van der Waals surface area contributed by atoms with Crippen molar-refractivity contribution < 1.29 is 14.3 Å². The molecule has 30 heavy (non-hydrogen) atoms. The van der Waals surface area contributed by atoms with Crippen LogP contribution in [0.4, 0.5) is 0 Å². The van der Waals surface area contributed by atoms with E-state index >= 15 is 0 Å². The molecule has 0 saturated heterocycles. The highest BCUT2D eigenvalue weighted by molar-refractivity contribution is 7.09. The number of nitrogens with one attached hydrogen (secondary N) is 2. The number of thiazole rings is 1. The highest BCUT2D eigenvalue weighted by atomic mass is 32.1. The number of ether oxygens (including phenoxy) is 1. The lowest BCUT2D eigenvalue weighted by Crippen LogP contribution is -2.24. The Kier molecular flexibility index (Phi) is 7.74. The predicted octanol–water partition coefficient (Wildman–Crippen LogP) is 3.80. The van der Waals surface area contributed by atoms with Crippen molar-refractivity contribution in [1.29, 1.82) is 0 Å². The fraction of sp³-hybridized carbons (Fsp3) is 0.174. The zero-order valence-electron chi connectivity index (χ0n) is 16.6. The first-order valence-electron chi connectivity index (χ1n) is 9.48. The second-order valence-electron chi connectivity index (χ2n) is 6.41. The van der Waals surface area contributed by atoms with Gasteiger partial charge in [0.15, 0.2) is 0 Å². The molecule has 1 aromatic heterocycles. The van der Waals surface area contributed by atoms with Crippen LogP contribution in [0.3, 0.4) is 0 Å². The molecule has 0 radical (unpaired) electrons. The van der Waals surface area contributed by atoms with Gasteiger partial charge in [0.05, 0.1) is 13.7 Å².